The molecular weight excluding hydrogens is 226 g/mol. The first kappa shape index (κ1) is 11.2. The maximum atomic E-state index is 11.5. The highest BCUT2D eigenvalue weighted by Crippen LogP contribution is 2.22. The summed E-state index contributed by atoms with van der Waals surface area (Å²) in [6.45, 7) is 1.87. The number of sulfonamides is 1. The van der Waals surface area contributed by atoms with E-state index >= 15 is 0 Å². The maximum absolute atomic E-state index is 11.5. The average molecular weight is 235 g/mol. The zero-order valence-electron chi connectivity index (χ0n) is 7.35. The summed E-state index contributed by atoms with van der Waals surface area (Å²) < 4.78 is 25.0. The molecule has 0 unspecified atom stereocenters. The molecule has 0 aromatic carbocycles. The Bertz CT molecular complexity index is 434. The van der Waals surface area contributed by atoms with Crippen molar-refractivity contribution in [3.05, 3.63) is 17.0 Å². The van der Waals surface area contributed by atoms with Crippen LogP contribution in [0.3, 0.4) is 0 Å². The highest BCUT2D eigenvalue weighted by Gasteiger charge is 2.22. The van der Waals surface area contributed by atoms with Crippen molar-refractivity contribution in [2.75, 3.05) is 6.54 Å². The van der Waals surface area contributed by atoms with E-state index in [2.05, 4.69) is 4.72 Å². The summed E-state index contributed by atoms with van der Waals surface area (Å²) in [5.74, 6) is -1.23. The topological polar surface area (TPSA) is 83.5 Å². The minimum absolute atomic E-state index is 0.146. The van der Waals surface area contributed by atoms with Crippen LogP contribution in [0.15, 0.2) is 15.7 Å². The molecule has 0 amide bonds. The molecule has 78 valence electrons. The molecule has 0 bridgehead atoms. The molecule has 14 heavy (non-hydrogen) atoms. The third-order valence-electron chi connectivity index (χ3n) is 1.44. The van der Waals surface area contributed by atoms with Gasteiger partial charge in [0.05, 0.1) is 5.56 Å². The van der Waals surface area contributed by atoms with Crippen LogP contribution in [-0.2, 0) is 10.0 Å². The van der Waals surface area contributed by atoms with Crippen LogP contribution in [0, 0.1) is 0 Å². The van der Waals surface area contributed by atoms with Crippen molar-refractivity contribution in [3.63, 3.8) is 0 Å². The molecule has 5 nitrogen and oxygen atoms in total. The average Bonchev–Trinajstić information content (AvgIpc) is 2.51. The van der Waals surface area contributed by atoms with Gasteiger partial charge < -0.3 is 5.11 Å². The lowest BCUT2D eigenvalue weighted by Gasteiger charge is -2.02. The number of hydrogen-bond acceptors (Lipinski definition) is 4. The summed E-state index contributed by atoms with van der Waals surface area (Å²) in [5, 5.41) is 10.1. The van der Waals surface area contributed by atoms with Gasteiger partial charge in [0.25, 0.3) is 10.0 Å². The van der Waals surface area contributed by atoms with Crippen LogP contribution in [0.2, 0.25) is 0 Å². The predicted molar refractivity (Wildman–Crippen MR) is 52.1 cm³/mol. The Kier molecular flexibility index (Phi) is 3.25. The zero-order valence-corrected chi connectivity index (χ0v) is 8.98. The Balaban J connectivity index is 3.19. The van der Waals surface area contributed by atoms with Crippen LogP contribution < -0.4 is 4.72 Å². The van der Waals surface area contributed by atoms with Crippen LogP contribution >= 0.6 is 11.3 Å². The number of carboxylic acid groups (broad SMARTS) is 1. The quantitative estimate of drug-likeness (QED) is 0.806. The first-order valence-electron chi connectivity index (χ1n) is 3.79. The van der Waals surface area contributed by atoms with Crippen LogP contribution in [0.4, 0.5) is 0 Å². The van der Waals surface area contributed by atoms with E-state index < -0.39 is 16.0 Å². The second kappa shape index (κ2) is 4.07. The van der Waals surface area contributed by atoms with Gasteiger partial charge in [0.1, 0.15) is 4.21 Å². The molecule has 0 fully saturated rings. The molecule has 1 rings (SSSR count). The van der Waals surface area contributed by atoms with E-state index in [4.69, 9.17) is 5.11 Å². The number of nitrogens with one attached hydrogen (secondary N) is 1. The second-order valence-electron chi connectivity index (χ2n) is 2.43. The van der Waals surface area contributed by atoms with Gasteiger partial charge in [-0.1, -0.05) is 6.92 Å². The largest absolute Gasteiger partial charge is 0.478 e. The van der Waals surface area contributed by atoms with Crippen LogP contribution in [0.1, 0.15) is 17.3 Å². The summed E-state index contributed by atoms with van der Waals surface area (Å²) in [6, 6.07) is 1.28. The third-order valence-corrected chi connectivity index (χ3v) is 4.47. The van der Waals surface area contributed by atoms with Gasteiger partial charge in [-0.3, -0.25) is 0 Å². The van der Waals surface area contributed by atoms with Crippen molar-refractivity contribution in [1.82, 2.24) is 4.72 Å². The molecule has 0 radical (unpaired) electrons. The molecule has 2 N–H and O–H groups in total. The van der Waals surface area contributed by atoms with Crippen LogP contribution in [0.5, 0.6) is 0 Å². The zero-order chi connectivity index (χ0) is 10.8. The summed E-state index contributed by atoms with van der Waals surface area (Å²) >= 11 is 0.893. The molecule has 1 aromatic rings. The summed E-state index contributed by atoms with van der Waals surface area (Å²) in [4.78, 5) is 10.6. The number of carbonyl (C=O) groups is 1. The van der Waals surface area contributed by atoms with Crippen LogP contribution in [0.25, 0.3) is 0 Å². The Labute approximate surface area is 85.4 Å². The molecule has 0 atom stereocenters. The monoisotopic (exact) mass is 235 g/mol. The van der Waals surface area contributed by atoms with Crippen molar-refractivity contribution in [3.8, 4) is 0 Å². The highest BCUT2D eigenvalue weighted by atomic mass is 32.2. The lowest BCUT2D eigenvalue weighted by Crippen LogP contribution is -2.23. The van der Waals surface area contributed by atoms with E-state index in [1.165, 1.54) is 11.4 Å². The molecule has 0 aliphatic carbocycles. The maximum Gasteiger partial charge on any atom is 0.337 e. The van der Waals surface area contributed by atoms with Gasteiger partial charge in [0.15, 0.2) is 0 Å². The van der Waals surface area contributed by atoms with Gasteiger partial charge in [0, 0.05) is 6.54 Å². The highest BCUT2D eigenvalue weighted by molar-refractivity contribution is 7.91. The fraction of sp³-hybridized carbons (Fsp3) is 0.286. The molecule has 7 heteroatoms. The lowest BCUT2D eigenvalue weighted by atomic mass is 10.4. The molecule has 0 saturated heterocycles. The predicted octanol–water partition coefficient (Wildman–Crippen LogP) is 0.745. The van der Waals surface area contributed by atoms with E-state index in [1.807, 2.05) is 0 Å². The number of carboxylic acids is 1. The Morgan fingerprint density at radius 3 is 2.79 bits per heavy atom. The SMILES string of the molecule is CCNS(=O)(=O)c1sccc1C(=O)O. The van der Waals surface area contributed by atoms with E-state index in [0.717, 1.165) is 11.3 Å². The lowest BCUT2D eigenvalue weighted by molar-refractivity contribution is 0.0693. The second-order valence-corrected chi connectivity index (χ2v) is 5.31. The van der Waals surface area contributed by atoms with Gasteiger partial charge in [-0.25, -0.2) is 17.9 Å². The summed E-state index contributed by atoms with van der Waals surface area (Å²) in [5.41, 5.74) is -0.184. The van der Waals surface area contributed by atoms with Gasteiger partial charge >= 0.3 is 5.97 Å². The van der Waals surface area contributed by atoms with Crippen molar-refractivity contribution in [1.29, 1.82) is 0 Å². The number of hydrogen-bond donors (Lipinski definition) is 2. The molecule has 1 aromatic heterocycles. The fourth-order valence-electron chi connectivity index (χ4n) is 0.918. The molecule has 0 aliphatic heterocycles. The van der Waals surface area contributed by atoms with E-state index in [-0.39, 0.29) is 16.3 Å². The minimum atomic E-state index is -3.66. The van der Waals surface area contributed by atoms with Crippen molar-refractivity contribution in [2.24, 2.45) is 0 Å². The molecule has 1 heterocycles. The van der Waals surface area contributed by atoms with Crippen LogP contribution in [-0.4, -0.2) is 26.0 Å². The van der Waals surface area contributed by atoms with E-state index in [1.54, 1.807) is 6.92 Å². The standard InChI is InChI=1S/C7H9NO4S2/c1-2-8-14(11,12)7-5(6(9)10)3-4-13-7/h3-4,8H,2H2,1H3,(H,9,10). The smallest absolute Gasteiger partial charge is 0.337 e. The van der Waals surface area contributed by atoms with Gasteiger partial charge in [0.2, 0.25) is 0 Å². The van der Waals surface area contributed by atoms with E-state index in [0.29, 0.717) is 0 Å². The van der Waals surface area contributed by atoms with Crippen molar-refractivity contribution < 1.29 is 18.3 Å². The Hall–Kier alpha value is -0.920. The normalized spacial score (nSPS) is 11.5. The van der Waals surface area contributed by atoms with Gasteiger partial charge in [-0.05, 0) is 11.4 Å². The summed E-state index contributed by atoms with van der Waals surface area (Å²) in [6.07, 6.45) is 0. The Morgan fingerprint density at radius 1 is 1.64 bits per heavy atom. The van der Waals surface area contributed by atoms with Gasteiger partial charge in [-0.15, -0.1) is 11.3 Å². The summed E-state index contributed by atoms with van der Waals surface area (Å²) in [7, 11) is -3.66. The molecular formula is C7H9NO4S2. The minimum Gasteiger partial charge on any atom is -0.478 e. The molecule has 0 saturated carbocycles. The molecule has 0 aliphatic rings. The van der Waals surface area contributed by atoms with Crippen molar-refractivity contribution in [2.45, 2.75) is 11.1 Å². The first-order chi connectivity index (χ1) is 6.49. The number of rotatable bonds is 4. The fourth-order valence-corrected chi connectivity index (χ4v) is 3.33. The number of thiophene rings is 1. The van der Waals surface area contributed by atoms with E-state index in [9.17, 15) is 13.2 Å². The first-order valence-corrected chi connectivity index (χ1v) is 6.15. The van der Waals surface area contributed by atoms with Crippen molar-refractivity contribution >= 4 is 27.3 Å². The van der Waals surface area contributed by atoms with Gasteiger partial charge in [-0.2, -0.15) is 0 Å². The third kappa shape index (κ3) is 2.11. The Morgan fingerprint density at radius 2 is 2.29 bits per heavy atom. The number of aromatic carboxylic acids is 1. The molecule has 0 spiro atoms.